The zero-order valence-electron chi connectivity index (χ0n) is 8.75. The quantitative estimate of drug-likeness (QED) is 0.504. The minimum atomic E-state index is 0.0721. The minimum absolute atomic E-state index is 0.0721. The third-order valence-electron chi connectivity index (χ3n) is 1.76. The van der Waals surface area contributed by atoms with Crippen LogP contribution < -0.4 is 5.73 Å². The Balaban J connectivity index is 4.26. The first-order valence-electron chi connectivity index (χ1n) is 4.73. The Bertz CT molecular complexity index is 195. The maximum absolute atomic E-state index is 8.93. The van der Waals surface area contributed by atoms with Gasteiger partial charge in [0.15, 0.2) is 0 Å². The molecule has 0 spiro atoms. The number of nitrogens with zero attached hydrogens (tertiary/aromatic N) is 1. The topological polar surface area (TPSA) is 58.6 Å². The number of hydrogen-bond donors (Lipinski definition) is 2. The lowest BCUT2D eigenvalue weighted by Crippen LogP contribution is -2.18. The van der Waals surface area contributed by atoms with E-state index in [9.17, 15) is 0 Å². The molecule has 0 unspecified atom stereocenters. The lowest BCUT2D eigenvalue weighted by Gasteiger charge is -2.03. The molecule has 0 heterocycles. The van der Waals surface area contributed by atoms with Gasteiger partial charge >= 0.3 is 0 Å². The smallest absolute Gasteiger partial charge is 0.101 e. The van der Waals surface area contributed by atoms with Crippen molar-refractivity contribution in [3.8, 4) is 0 Å². The van der Waals surface area contributed by atoms with Crippen molar-refractivity contribution in [2.75, 3.05) is 6.61 Å². The van der Waals surface area contributed by atoms with E-state index in [4.69, 9.17) is 10.8 Å². The summed E-state index contributed by atoms with van der Waals surface area (Å²) in [4.78, 5) is 4.09. The molecule has 0 atom stereocenters. The summed E-state index contributed by atoms with van der Waals surface area (Å²) < 4.78 is 0. The van der Waals surface area contributed by atoms with Crippen LogP contribution in [0.25, 0.3) is 0 Å². The Kier molecular flexibility index (Phi) is 6.24. The van der Waals surface area contributed by atoms with Crippen molar-refractivity contribution >= 4 is 5.84 Å². The van der Waals surface area contributed by atoms with Crippen LogP contribution in [0.4, 0.5) is 0 Å². The highest BCUT2D eigenvalue weighted by Crippen LogP contribution is 2.04. The fraction of sp³-hybridized carbons (Fsp3) is 0.700. The number of rotatable bonds is 5. The van der Waals surface area contributed by atoms with Gasteiger partial charge in [-0.3, -0.25) is 0 Å². The summed E-state index contributed by atoms with van der Waals surface area (Å²) in [7, 11) is 0. The van der Waals surface area contributed by atoms with Crippen LogP contribution in [-0.2, 0) is 0 Å². The zero-order chi connectivity index (χ0) is 10.3. The van der Waals surface area contributed by atoms with Gasteiger partial charge in [0, 0.05) is 12.1 Å². The Hall–Kier alpha value is -0.830. The minimum Gasteiger partial charge on any atom is -0.392 e. The molecule has 0 aromatic carbocycles. The Morgan fingerprint density at radius 3 is 2.54 bits per heavy atom. The van der Waals surface area contributed by atoms with E-state index >= 15 is 0 Å². The van der Waals surface area contributed by atoms with Gasteiger partial charge in [-0.2, -0.15) is 0 Å². The molecule has 0 aromatic rings. The first-order valence-corrected chi connectivity index (χ1v) is 4.73. The fourth-order valence-corrected chi connectivity index (χ4v) is 0.820. The predicted molar refractivity (Wildman–Crippen MR) is 56.5 cm³/mol. The highest BCUT2D eigenvalue weighted by molar-refractivity contribution is 5.82. The highest BCUT2D eigenvalue weighted by atomic mass is 16.3. The number of aliphatic imine (C=N–C) groups is 1. The van der Waals surface area contributed by atoms with Crippen molar-refractivity contribution in [3.05, 3.63) is 11.8 Å². The molecule has 0 aliphatic heterocycles. The molecule has 3 N–H and O–H groups in total. The van der Waals surface area contributed by atoms with Crippen molar-refractivity contribution in [2.24, 2.45) is 16.6 Å². The molecule has 13 heavy (non-hydrogen) atoms. The first kappa shape index (κ1) is 12.2. The fourth-order valence-electron chi connectivity index (χ4n) is 0.820. The summed E-state index contributed by atoms with van der Waals surface area (Å²) >= 11 is 0. The van der Waals surface area contributed by atoms with Crippen molar-refractivity contribution < 1.29 is 5.11 Å². The second kappa shape index (κ2) is 6.66. The first-order chi connectivity index (χ1) is 6.11. The molecule has 0 radical (unpaired) electrons. The molecule has 0 fully saturated rings. The second-order valence-electron chi connectivity index (χ2n) is 3.40. The van der Waals surface area contributed by atoms with Gasteiger partial charge < -0.3 is 10.8 Å². The van der Waals surface area contributed by atoms with Gasteiger partial charge in [-0.1, -0.05) is 27.2 Å². The van der Waals surface area contributed by atoms with Crippen LogP contribution in [0.3, 0.4) is 0 Å². The average molecular weight is 184 g/mol. The van der Waals surface area contributed by atoms with E-state index < -0.39 is 0 Å². The SMILES string of the molecule is CCC/C(=C\N=C(/N)C(C)C)CO. The van der Waals surface area contributed by atoms with Crippen LogP contribution in [0.2, 0.25) is 0 Å². The number of amidine groups is 1. The van der Waals surface area contributed by atoms with Crippen LogP contribution in [0.15, 0.2) is 16.8 Å². The van der Waals surface area contributed by atoms with Gasteiger partial charge in [-0.25, -0.2) is 4.99 Å². The molecule has 0 amide bonds. The predicted octanol–water partition coefficient (Wildman–Crippen LogP) is 1.68. The molecule has 76 valence electrons. The average Bonchev–Trinajstić information content (AvgIpc) is 2.11. The zero-order valence-corrected chi connectivity index (χ0v) is 8.75. The summed E-state index contributed by atoms with van der Waals surface area (Å²) in [6, 6.07) is 0. The van der Waals surface area contributed by atoms with Gasteiger partial charge in [-0.05, 0) is 12.0 Å². The van der Waals surface area contributed by atoms with Crippen molar-refractivity contribution in [2.45, 2.75) is 33.6 Å². The largest absolute Gasteiger partial charge is 0.392 e. The van der Waals surface area contributed by atoms with Crippen LogP contribution in [0.5, 0.6) is 0 Å². The van der Waals surface area contributed by atoms with Crippen molar-refractivity contribution in [1.82, 2.24) is 0 Å². The molecule has 0 aliphatic rings. The highest BCUT2D eigenvalue weighted by Gasteiger charge is 1.97. The number of aliphatic hydroxyl groups excluding tert-OH is 1. The van der Waals surface area contributed by atoms with Crippen LogP contribution in [0.1, 0.15) is 33.6 Å². The molecular weight excluding hydrogens is 164 g/mol. The van der Waals surface area contributed by atoms with Crippen LogP contribution >= 0.6 is 0 Å². The van der Waals surface area contributed by atoms with E-state index in [0.29, 0.717) is 5.84 Å². The number of nitrogens with two attached hydrogens (primary N) is 1. The van der Waals surface area contributed by atoms with E-state index in [0.717, 1.165) is 18.4 Å². The summed E-state index contributed by atoms with van der Waals surface area (Å²) in [6.07, 6.45) is 3.58. The van der Waals surface area contributed by atoms with Gasteiger partial charge in [0.25, 0.3) is 0 Å². The molecule has 3 nitrogen and oxygen atoms in total. The lowest BCUT2D eigenvalue weighted by atomic mass is 10.2. The molecule has 0 bridgehead atoms. The summed E-state index contributed by atoms with van der Waals surface area (Å²) in [5, 5.41) is 8.93. The Labute approximate surface area is 80.4 Å². The lowest BCUT2D eigenvalue weighted by molar-refractivity contribution is 0.326. The Morgan fingerprint density at radius 1 is 1.54 bits per heavy atom. The summed E-state index contributed by atoms with van der Waals surface area (Å²) in [6.45, 7) is 6.12. The summed E-state index contributed by atoms with van der Waals surface area (Å²) in [5.74, 6) is 0.875. The van der Waals surface area contributed by atoms with E-state index in [1.54, 1.807) is 6.20 Å². The van der Waals surface area contributed by atoms with Gasteiger partial charge in [0.2, 0.25) is 0 Å². The van der Waals surface area contributed by atoms with Crippen LogP contribution in [-0.4, -0.2) is 17.5 Å². The van der Waals surface area contributed by atoms with Gasteiger partial charge in [0.1, 0.15) is 5.84 Å². The molecular formula is C10H20N2O. The molecule has 0 aliphatic carbocycles. The van der Waals surface area contributed by atoms with E-state index in [2.05, 4.69) is 11.9 Å². The molecule has 0 saturated heterocycles. The van der Waals surface area contributed by atoms with Crippen LogP contribution in [0, 0.1) is 5.92 Å². The van der Waals surface area contributed by atoms with Crippen molar-refractivity contribution in [1.29, 1.82) is 0 Å². The maximum Gasteiger partial charge on any atom is 0.101 e. The molecule has 0 rings (SSSR count). The van der Waals surface area contributed by atoms with Crippen molar-refractivity contribution in [3.63, 3.8) is 0 Å². The van der Waals surface area contributed by atoms with E-state index in [1.165, 1.54) is 0 Å². The van der Waals surface area contributed by atoms with E-state index in [1.807, 2.05) is 13.8 Å². The molecule has 0 saturated carbocycles. The molecule has 0 aromatic heterocycles. The van der Waals surface area contributed by atoms with E-state index in [-0.39, 0.29) is 12.5 Å². The number of hydrogen-bond acceptors (Lipinski definition) is 2. The third kappa shape index (κ3) is 5.42. The van der Waals surface area contributed by atoms with Gasteiger partial charge in [0.05, 0.1) is 6.61 Å². The monoisotopic (exact) mass is 184 g/mol. The third-order valence-corrected chi connectivity index (χ3v) is 1.76. The second-order valence-corrected chi connectivity index (χ2v) is 3.40. The molecule has 3 heteroatoms. The number of aliphatic hydroxyl groups is 1. The summed E-state index contributed by atoms with van der Waals surface area (Å²) in [5.41, 5.74) is 6.58. The maximum atomic E-state index is 8.93. The normalized spacial score (nSPS) is 13.9. The van der Waals surface area contributed by atoms with Gasteiger partial charge in [-0.15, -0.1) is 0 Å². The Morgan fingerprint density at radius 2 is 2.15 bits per heavy atom. The standard InChI is InChI=1S/C10H20N2O/c1-4-5-9(7-13)6-12-10(11)8(2)3/h6,8,13H,4-5,7H2,1-3H3,(H2,11,12)/b9-6+.